The highest BCUT2D eigenvalue weighted by atomic mass is 16.7. The number of nitriles is 1. The van der Waals surface area contributed by atoms with Crippen molar-refractivity contribution < 1.29 is 23.7 Å². The van der Waals surface area contributed by atoms with Crippen molar-refractivity contribution in [2.24, 2.45) is 5.73 Å². The van der Waals surface area contributed by atoms with Gasteiger partial charge in [-0.25, -0.2) is 0 Å². The zero-order chi connectivity index (χ0) is 21.5. The summed E-state index contributed by atoms with van der Waals surface area (Å²) in [6, 6.07) is 13.2. The summed E-state index contributed by atoms with van der Waals surface area (Å²) < 4.78 is 27.7. The quantitative estimate of drug-likeness (QED) is 0.662. The predicted molar refractivity (Wildman–Crippen MR) is 109 cm³/mol. The topological polar surface area (TPSA) is 125 Å². The normalized spacial score (nSPS) is 16.4. The van der Waals surface area contributed by atoms with Crippen LogP contribution in [0, 0.1) is 11.3 Å². The fourth-order valence-corrected chi connectivity index (χ4v) is 3.97. The maximum atomic E-state index is 9.93. The summed E-state index contributed by atoms with van der Waals surface area (Å²) >= 11 is 0. The van der Waals surface area contributed by atoms with Gasteiger partial charge in [-0.15, -0.1) is 5.10 Å². The fraction of sp³-hybridized carbons (Fsp3) is 0.182. The highest BCUT2D eigenvalue weighted by Gasteiger charge is 2.38. The lowest BCUT2D eigenvalue weighted by atomic mass is 9.82. The van der Waals surface area contributed by atoms with Gasteiger partial charge in [0.25, 0.3) is 0 Å². The van der Waals surface area contributed by atoms with Gasteiger partial charge in [0.2, 0.25) is 18.6 Å². The molecule has 156 valence electrons. The van der Waals surface area contributed by atoms with Crippen LogP contribution in [0.5, 0.6) is 28.9 Å². The monoisotopic (exact) mass is 418 g/mol. The zero-order valence-corrected chi connectivity index (χ0v) is 16.8. The number of hydrogen-bond acceptors (Lipinski definition) is 8. The largest absolute Gasteiger partial charge is 0.493 e. The molecule has 2 aliphatic heterocycles. The maximum absolute atomic E-state index is 9.93. The number of nitrogens with one attached hydrogen (secondary N) is 1. The first-order valence-corrected chi connectivity index (χ1v) is 9.43. The van der Waals surface area contributed by atoms with Crippen LogP contribution in [0.15, 0.2) is 47.9 Å². The van der Waals surface area contributed by atoms with Gasteiger partial charge in [-0.05, 0) is 24.3 Å². The van der Waals surface area contributed by atoms with Crippen molar-refractivity contribution >= 4 is 0 Å². The van der Waals surface area contributed by atoms with Crippen molar-refractivity contribution in [2.45, 2.75) is 5.92 Å². The Balaban J connectivity index is 1.74. The van der Waals surface area contributed by atoms with Crippen LogP contribution in [0.4, 0.5) is 0 Å². The van der Waals surface area contributed by atoms with Gasteiger partial charge in [0.05, 0.1) is 31.4 Å². The molecule has 31 heavy (non-hydrogen) atoms. The number of aromatic nitrogens is 2. The molecule has 0 saturated heterocycles. The standard InChI is InChI=1S/C22H18N4O5/c1-27-15-5-3-4-12(20(15)28-2)17-13(9-23)21(24)31-22-18(17)19(25-26-22)11-6-7-14-16(8-11)30-10-29-14/h3-8,17H,10,24H2,1-2H3,(H,25,26). The number of nitrogens with zero attached hydrogens (tertiary/aromatic N) is 2. The lowest BCUT2D eigenvalue weighted by Gasteiger charge is -2.26. The number of ether oxygens (including phenoxy) is 5. The van der Waals surface area contributed by atoms with E-state index in [0.717, 1.165) is 5.56 Å². The summed E-state index contributed by atoms with van der Waals surface area (Å²) in [5.74, 6) is 2.04. The van der Waals surface area contributed by atoms with Gasteiger partial charge in [0, 0.05) is 11.1 Å². The number of para-hydroxylation sites is 1. The second-order valence-electron chi connectivity index (χ2n) is 6.89. The molecule has 0 aliphatic carbocycles. The van der Waals surface area contributed by atoms with Crippen molar-refractivity contribution in [1.82, 2.24) is 10.2 Å². The Morgan fingerprint density at radius 3 is 2.77 bits per heavy atom. The molecule has 0 radical (unpaired) electrons. The van der Waals surface area contributed by atoms with E-state index in [1.807, 2.05) is 30.3 Å². The summed E-state index contributed by atoms with van der Waals surface area (Å²) in [5.41, 5.74) is 9.17. The Kier molecular flexibility index (Phi) is 4.33. The van der Waals surface area contributed by atoms with Gasteiger partial charge in [-0.1, -0.05) is 12.1 Å². The Labute approximate surface area is 177 Å². The smallest absolute Gasteiger partial charge is 0.244 e. The summed E-state index contributed by atoms with van der Waals surface area (Å²) in [6.45, 7) is 0.171. The van der Waals surface area contributed by atoms with Crippen LogP contribution in [0.2, 0.25) is 0 Å². The minimum atomic E-state index is -0.585. The molecule has 0 amide bonds. The molecule has 0 saturated carbocycles. The molecule has 1 atom stereocenters. The SMILES string of the molecule is COc1cccc(C2C(C#N)=C(N)Oc3n[nH]c(-c4ccc5c(c4)OCO5)c32)c1OC. The first-order valence-electron chi connectivity index (χ1n) is 9.43. The average Bonchev–Trinajstić information content (AvgIpc) is 3.43. The average molecular weight is 418 g/mol. The van der Waals surface area contributed by atoms with Crippen LogP contribution in [-0.2, 0) is 0 Å². The van der Waals surface area contributed by atoms with Crippen molar-refractivity contribution in [3.8, 4) is 46.2 Å². The number of nitrogens with two attached hydrogens (primary N) is 1. The number of fused-ring (bicyclic) bond motifs is 2. The third kappa shape index (κ3) is 2.80. The Morgan fingerprint density at radius 2 is 2.00 bits per heavy atom. The minimum absolute atomic E-state index is 0.00592. The minimum Gasteiger partial charge on any atom is -0.493 e. The van der Waals surface area contributed by atoms with Gasteiger partial charge >= 0.3 is 0 Å². The molecule has 3 N–H and O–H groups in total. The summed E-state index contributed by atoms with van der Waals surface area (Å²) in [7, 11) is 3.11. The lowest BCUT2D eigenvalue weighted by molar-refractivity contribution is 0.174. The van der Waals surface area contributed by atoms with Gasteiger partial charge in [-0.3, -0.25) is 5.10 Å². The predicted octanol–water partition coefficient (Wildman–Crippen LogP) is 3.04. The number of benzene rings is 2. The molecule has 1 aromatic heterocycles. The van der Waals surface area contributed by atoms with Crippen LogP contribution < -0.4 is 29.4 Å². The molecule has 0 spiro atoms. The number of aromatic amines is 1. The van der Waals surface area contributed by atoms with Crippen LogP contribution in [0.1, 0.15) is 17.0 Å². The molecule has 3 heterocycles. The Bertz CT molecular complexity index is 1260. The third-order valence-electron chi connectivity index (χ3n) is 5.34. The van der Waals surface area contributed by atoms with E-state index in [0.29, 0.717) is 45.7 Å². The molecule has 1 unspecified atom stereocenters. The van der Waals surface area contributed by atoms with Gasteiger partial charge in [0.15, 0.2) is 23.0 Å². The molecule has 0 bridgehead atoms. The maximum Gasteiger partial charge on any atom is 0.244 e. The van der Waals surface area contributed by atoms with E-state index in [1.54, 1.807) is 20.3 Å². The molecule has 5 rings (SSSR count). The fourth-order valence-electron chi connectivity index (χ4n) is 3.97. The second-order valence-corrected chi connectivity index (χ2v) is 6.89. The molecule has 3 aromatic rings. The van der Waals surface area contributed by atoms with E-state index in [4.69, 9.17) is 29.4 Å². The summed E-state index contributed by atoms with van der Waals surface area (Å²) in [6.07, 6.45) is 0. The van der Waals surface area contributed by atoms with Gasteiger partial charge in [-0.2, -0.15) is 5.26 Å². The molecule has 2 aliphatic rings. The first-order chi connectivity index (χ1) is 15.2. The van der Waals surface area contributed by atoms with E-state index < -0.39 is 5.92 Å². The molecular formula is C22H18N4O5. The highest BCUT2D eigenvalue weighted by Crippen LogP contribution is 2.50. The molecular weight excluding hydrogens is 400 g/mol. The van der Waals surface area contributed by atoms with E-state index >= 15 is 0 Å². The van der Waals surface area contributed by atoms with Crippen molar-refractivity contribution in [3.63, 3.8) is 0 Å². The number of allylic oxidation sites excluding steroid dienone is 1. The number of H-pyrrole nitrogens is 1. The van der Waals surface area contributed by atoms with E-state index in [-0.39, 0.29) is 18.2 Å². The van der Waals surface area contributed by atoms with Crippen LogP contribution in [-0.4, -0.2) is 31.2 Å². The van der Waals surface area contributed by atoms with E-state index in [1.165, 1.54) is 0 Å². The summed E-state index contributed by atoms with van der Waals surface area (Å²) in [4.78, 5) is 0. The first kappa shape index (κ1) is 18.7. The molecule has 0 fully saturated rings. The third-order valence-corrected chi connectivity index (χ3v) is 5.34. The van der Waals surface area contributed by atoms with Crippen LogP contribution in [0.3, 0.4) is 0 Å². The van der Waals surface area contributed by atoms with E-state index in [2.05, 4.69) is 16.3 Å². The molecule has 9 heteroatoms. The number of methoxy groups -OCH3 is 2. The lowest BCUT2D eigenvalue weighted by Crippen LogP contribution is -2.21. The van der Waals surface area contributed by atoms with Gasteiger partial charge in [0.1, 0.15) is 11.6 Å². The second kappa shape index (κ2) is 7.18. The summed E-state index contributed by atoms with van der Waals surface area (Å²) in [5, 5.41) is 17.3. The highest BCUT2D eigenvalue weighted by molar-refractivity contribution is 5.74. The van der Waals surface area contributed by atoms with Crippen molar-refractivity contribution in [2.75, 3.05) is 21.0 Å². The molecule has 9 nitrogen and oxygen atoms in total. The van der Waals surface area contributed by atoms with Crippen LogP contribution >= 0.6 is 0 Å². The Morgan fingerprint density at radius 1 is 1.16 bits per heavy atom. The van der Waals surface area contributed by atoms with Crippen molar-refractivity contribution in [1.29, 1.82) is 5.26 Å². The van der Waals surface area contributed by atoms with E-state index in [9.17, 15) is 5.26 Å². The van der Waals surface area contributed by atoms with Gasteiger partial charge < -0.3 is 29.4 Å². The zero-order valence-electron chi connectivity index (χ0n) is 16.8. The molecule has 2 aromatic carbocycles. The Hall–Kier alpha value is -4.32. The number of hydrogen-bond donors (Lipinski definition) is 2. The van der Waals surface area contributed by atoms with Crippen LogP contribution in [0.25, 0.3) is 11.3 Å². The van der Waals surface area contributed by atoms with Crippen molar-refractivity contribution in [3.05, 3.63) is 59.0 Å². The number of rotatable bonds is 4.